The van der Waals surface area contributed by atoms with E-state index in [9.17, 15) is 14.9 Å². The average Bonchev–Trinajstić information content (AvgIpc) is 2.26. The molecule has 0 bridgehead atoms. The maximum absolute atomic E-state index is 11.2. The van der Waals surface area contributed by atoms with Crippen LogP contribution in [0.15, 0.2) is 12.3 Å². The topological polar surface area (TPSA) is 97.2 Å². The Morgan fingerprint density at radius 1 is 1.59 bits per heavy atom. The lowest BCUT2D eigenvalue weighted by Crippen LogP contribution is -2.29. The highest BCUT2D eigenvalue weighted by atomic mass is 16.6. The van der Waals surface area contributed by atoms with Crippen LogP contribution >= 0.6 is 0 Å². The zero-order valence-electron chi connectivity index (χ0n) is 9.69. The van der Waals surface area contributed by atoms with E-state index in [1.165, 1.54) is 12.3 Å². The molecule has 2 N–H and O–H groups in total. The van der Waals surface area contributed by atoms with Gasteiger partial charge in [-0.1, -0.05) is 0 Å². The largest absolute Gasteiger partial charge is 0.361 e. The lowest BCUT2D eigenvalue weighted by atomic mass is 10.2. The zero-order valence-corrected chi connectivity index (χ0v) is 9.69. The van der Waals surface area contributed by atoms with Crippen molar-refractivity contribution in [2.75, 3.05) is 18.4 Å². The first-order valence-corrected chi connectivity index (χ1v) is 5.16. The first-order chi connectivity index (χ1) is 8.04. The van der Waals surface area contributed by atoms with Crippen LogP contribution in [0.25, 0.3) is 0 Å². The molecular formula is C10H14N4O3. The van der Waals surface area contributed by atoms with Gasteiger partial charge in [0.15, 0.2) is 0 Å². The molecule has 0 aromatic carbocycles. The van der Waals surface area contributed by atoms with Gasteiger partial charge in [0.1, 0.15) is 12.0 Å². The number of amides is 1. The third kappa shape index (κ3) is 3.71. The van der Waals surface area contributed by atoms with Crippen molar-refractivity contribution in [1.29, 1.82) is 0 Å². The number of aromatic nitrogens is 1. The highest BCUT2D eigenvalue weighted by molar-refractivity contribution is 5.80. The molecule has 0 aliphatic rings. The fraction of sp³-hybridized carbons (Fsp3) is 0.400. The molecule has 0 atom stereocenters. The molecule has 92 valence electrons. The van der Waals surface area contributed by atoms with Gasteiger partial charge in [0, 0.05) is 12.1 Å². The summed E-state index contributed by atoms with van der Waals surface area (Å²) in [4.78, 5) is 25.1. The van der Waals surface area contributed by atoms with Crippen LogP contribution in [-0.4, -0.2) is 28.9 Å². The smallest absolute Gasteiger partial charge is 0.290 e. The maximum Gasteiger partial charge on any atom is 0.290 e. The summed E-state index contributed by atoms with van der Waals surface area (Å²) in [5, 5.41) is 16.0. The molecule has 7 heteroatoms. The van der Waals surface area contributed by atoms with Gasteiger partial charge >= 0.3 is 0 Å². The van der Waals surface area contributed by atoms with Gasteiger partial charge in [0.25, 0.3) is 5.69 Å². The zero-order chi connectivity index (χ0) is 12.8. The van der Waals surface area contributed by atoms with Crippen LogP contribution in [0.4, 0.5) is 11.5 Å². The summed E-state index contributed by atoms with van der Waals surface area (Å²) in [7, 11) is 0. The number of hydrogen-bond donors (Lipinski definition) is 2. The van der Waals surface area contributed by atoms with Crippen molar-refractivity contribution in [2.45, 2.75) is 13.8 Å². The number of hydrogen-bond acceptors (Lipinski definition) is 5. The van der Waals surface area contributed by atoms with Gasteiger partial charge in [0.05, 0.1) is 11.5 Å². The number of nitro groups is 1. The van der Waals surface area contributed by atoms with Crippen LogP contribution in [-0.2, 0) is 4.79 Å². The SMILES string of the molecule is CCNC(=O)CNc1cc(C)c([N+](=O)[O-])cn1. The number of carbonyl (C=O) groups is 1. The van der Waals surface area contributed by atoms with Crippen LogP contribution in [0.3, 0.4) is 0 Å². The van der Waals surface area contributed by atoms with E-state index in [4.69, 9.17) is 0 Å². The summed E-state index contributed by atoms with van der Waals surface area (Å²) in [6.07, 6.45) is 1.18. The molecule has 0 aliphatic carbocycles. The number of likely N-dealkylation sites (N-methyl/N-ethyl adjacent to an activating group) is 1. The average molecular weight is 238 g/mol. The minimum Gasteiger partial charge on any atom is -0.361 e. The quantitative estimate of drug-likeness (QED) is 0.585. The third-order valence-corrected chi connectivity index (χ3v) is 2.08. The van der Waals surface area contributed by atoms with Gasteiger partial charge in [-0.3, -0.25) is 14.9 Å². The molecule has 17 heavy (non-hydrogen) atoms. The standard InChI is InChI=1S/C10H14N4O3/c1-3-11-10(15)6-13-9-4-7(2)8(5-12-9)14(16)17/h4-5H,3,6H2,1-2H3,(H,11,15)(H,12,13). The Balaban J connectivity index is 2.65. The Hall–Kier alpha value is -2.18. The number of carbonyl (C=O) groups excluding carboxylic acids is 1. The van der Waals surface area contributed by atoms with E-state index in [0.29, 0.717) is 17.9 Å². The van der Waals surface area contributed by atoms with Gasteiger partial charge in [-0.2, -0.15) is 0 Å². The van der Waals surface area contributed by atoms with Crippen molar-refractivity contribution in [3.05, 3.63) is 27.9 Å². The van der Waals surface area contributed by atoms with Crippen LogP contribution in [0, 0.1) is 17.0 Å². The molecule has 1 aromatic rings. The Morgan fingerprint density at radius 2 is 2.29 bits per heavy atom. The van der Waals surface area contributed by atoms with E-state index in [2.05, 4.69) is 15.6 Å². The monoisotopic (exact) mass is 238 g/mol. The van der Waals surface area contributed by atoms with Gasteiger partial charge in [-0.25, -0.2) is 4.98 Å². The van der Waals surface area contributed by atoms with Gasteiger partial charge in [-0.15, -0.1) is 0 Å². The number of aryl methyl sites for hydroxylation is 1. The molecule has 1 rings (SSSR count). The second kappa shape index (κ2) is 5.78. The molecule has 0 saturated heterocycles. The van der Waals surface area contributed by atoms with Gasteiger partial charge in [-0.05, 0) is 19.9 Å². The fourth-order valence-electron chi connectivity index (χ4n) is 1.27. The van der Waals surface area contributed by atoms with E-state index in [1.54, 1.807) is 6.92 Å². The van der Waals surface area contributed by atoms with Crippen LogP contribution in [0.5, 0.6) is 0 Å². The van der Waals surface area contributed by atoms with Gasteiger partial charge in [0.2, 0.25) is 5.91 Å². The van der Waals surface area contributed by atoms with E-state index >= 15 is 0 Å². The van der Waals surface area contributed by atoms with Crippen molar-refractivity contribution >= 4 is 17.4 Å². The molecule has 1 heterocycles. The summed E-state index contributed by atoms with van der Waals surface area (Å²) in [5.74, 6) is 0.296. The first kappa shape index (κ1) is 12.9. The van der Waals surface area contributed by atoms with Crippen LogP contribution in [0.1, 0.15) is 12.5 Å². The number of pyridine rings is 1. The van der Waals surface area contributed by atoms with E-state index in [1.807, 2.05) is 6.92 Å². The fourth-order valence-corrected chi connectivity index (χ4v) is 1.27. The summed E-state index contributed by atoms with van der Waals surface area (Å²) in [6.45, 7) is 4.11. The molecule has 0 saturated carbocycles. The lowest BCUT2D eigenvalue weighted by Gasteiger charge is -2.06. The van der Waals surface area contributed by atoms with Crippen molar-refractivity contribution in [2.24, 2.45) is 0 Å². The van der Waals surface area contributed by atoms with Crippen molar-refractivity contribution in [1.82, 2.24) is 10.3 Å². The van der Waals surface area contributed by atoms with Gasteiger partial charge < -0.3 is 10.6 Å². The summed E-state index contributed by atoms with van der Waals surface area (Å²) >= 11 is 0. The molecule has 7 nitrogen and oxygen atoms in total. The van der Waals surface area contributed by atoms with Crippen molar-refractivity contribution in [3.8, 4) is 0 Å². The second-order valence-electron chi connectivity index (χ2n) is 3.42. The Kier molecular flexibility index (Phi) is 4.38. The molecule has 0 aliphatic heterocycles. The maximum atomic E-state index is 11.2. The predicted octanol–water partition coefficient (Wildman–Crippen LogP) is 0.846. The van der Waals surface area contributed by atoms with E-state index in [0.717, 1.165) is 0 Å². The second-order valence-corrected chi connectivity index (χ2v) is 3.42. The molecular weight excluding hydrogens is 224 g/mol. The summed E-state index contributed by atoms with van der Waals surface area (Å²) in [6, 6.07) is 1.54. The number of nitrogens with one attached hydrogen (secondary N) is 2. The van der Waals surface area contributed by atoms with E-state index in [-0.39, 0.29) is 18.1 Å². The highest BCUT2D eigenvalue weighted by Gasteiger charge is 2.11. The summed E-state index contributed by atoms with van der Waals surface area (Å²) in [5.41, 5.74) is 0.469. The third-order valence-electron chi connectivity index (χ3n) is 2.08. The minimum atomic E-state index is -0.490. The molecule has 0 unspecified atom stereocenters. The highest BCUT2D eigenvalue weighted by Crippen LogP contribution is 2.18. The number of anilines is 1. The number of nitrogens with zero attached hydrogens (tertiary/aromatic N) is 2. The Morgan fingerprint density at radius 3 is 2.82 bits per heavy atom. The Bertz CT molecular complexity index is 434. The molecule has 0 spiro atoms. The number of rotatable bonds is 5. The van der Waals surface area contributed by atoms with E-state index < -0.39 is 4.92 Å². The summed E-state index contributed by atoms with van der Waals surface area (Å²) < 4.78 is 0. The molecule has 1 amide bonds. The van der Waals surface area contributed by atoms with Crippen molar-refractivity contribution < 1.29 is 9.72 Å². The van der Waals surface area contributed by atoms with Crippen molar-refractivity contribution in [3.63, 3.8) is 0 Å². The first-order valence-electron chi connectivity index (χ1n) is 5.16. The lowest BCUT2D eigenvalue weighted by molar-refractivity contribution is -0.385. The molecule has 1 aromatic heterocycles. The van der Waals surface area contributed by atoms with Crippen LogP contribution < -0.4 is 10.6 Å². The van der Waals surface area contributed by atoms with Crippen LogP contribution in [0.2, 0.25) is 0 Å². The predicted molar refractivity (Wildman–Crippen MR) is 62.8 cm³/mol. The molecule has 0 radical (unpaired) electrons. The normalized spacial score (nSPS) is 9.76. The molecule has 0 fully saturated rings. The Labute approximate surface area is 98.4 Å². The minimum absolute atomic E-state index is 0.0337.